The Labute approximate surface area is 140 Å². The third-order valence-corrected chi connectivity index (χ3v) is 4.63. The summed E-state index contributed by atoms with van der Waals surface area (Å²) in [5.74, 6) is 2.02. The minimum absolute atomic E-state index is 0.168. The van der Waals surface area contributed by atoms with Crippen LogP contribution < -0.4 is 9.80 Å². The molecule has 24 heavy (non-hydrogen) atoms. The van der Waals surface area contributed by atoms with Crippen molar-refractivity contribution in [3.8, 4) is 0 Å². The maximum atomic E-state index is 12.1. The summed E-state index contributed by atoms with van der Waals surface area (Å²) in [6.07, 6.45) is 6.69. The zero-order valence-corrected chi connectivity index (χ0v) is 13.7. The zero-order chi connectivity index (χ0) is 16.5. The van der Waals surface area contributed by atoms with E-state index in [2.05, 4.69) is 36.7 Å². The van der Waals surface area contributed by atoms with Crippen molar-refractivity contribution in [3.05, 3.63) is 35.9 Å². The third kappa shape index (κ3) is 2.81. The number of carbonyl (C=O) groups excluding carboxylic acids is 1. The van der Waals surface area contributed by atoms with Crippen molar-refractivity contribution >= 4 is 17.7 Å². The van der Waals surface area contributed by atoms with Crippen LogP contribution >= 0.6 is 0 Å². The van der Waals surface area contributed by atoms with Gasteiger partial charge in [-0.2, -0.15) is 0 Å². The lowest BCUT2D eigenvalue weighted by Gasteiger charge is -2.35. The minimum atomic E-state index is 0.168. The second-order valence-electron chi connectivity index (χ2n) is 6.49. The Morgan fingerprint density at radius 3 is 2.33 bits per heavy atom. The van der Waals surface area contributed by atoms with Gasteiger partial charge in [-0.05, 0) is 18.4 Å². The van der Waals surface area contributed by atoms with Crippen LogP contribution in [-0.2, 0) is 6.42 Å². The highest BCUT2D eigenvalue weighted by Gasteiger charge is 2.26. The topological polar surface area (TPSA) is 75.1 Å². The van der Waals surface area contributed by atoms with Crippen molar-refractivity contribution in [1.29, 1.82) is 0 Å². The Kier molecular flexibility index (Phi) is 3.84. The molecule has 3 heterocycles. The number of anilines is 2. The van der Waals surface area contributed by atoms with Gasteiger partial charge in [-0.25, -0.2) is 19.9 Å². The van der Waals surface area contributed by atoms with Gasteiger partial charge in [-0.3, -0.25) is 4.79 Å². The molecule has 7 nitrogen and oxygen atoms in total. The zero-order valence-electron chi connectivity index (χ0n) is 13.7. The molecule has 2 aromatic heterocycles. The molecule has 1 fully saturated rings. The van der Waals surface area contributed by atoms with Crippen LogP contribution in [0.5, 0.6) is 0 Å². The van der Waals surface area contributed by atoms with Crippen LogP contribution in [0, 0.1) is 5.92 Å². The lowest BCUT2D eigenvalue weighted by Crippen LogP contribution is -2.47. The first kappa shape index (κ1) is 15.0. The number of fused-ring (bicyclic) bond motifs is 1. The number of carbonyl (C=O) groups is 1. The van der Waals surface area contributed by atoms with Crippen molar-refractivity contribution in [2.45, 2.75) is 19.8 Å². The minimum Gasteiger partial charge on any atom is -0.337 e. The van der Waals surface area contributed by atoms with Crippen molar-refractivity contribution in [1.82, 2.24) is 19.9 Å². The van der Waals surface area contributed by atoms with E-state index in [4.69, 9.17) is 0 Å². The van der Waals surface area contributed by atoms with Crippen LogP contribution in [-0.4, -0.2) is 51.9 Å². The Hall–Kier alpha value is -2.57. The van der Waals surface area contributed by atoms with E-state index in [9.17, 15) is 4.79 Å². The molecular formula is C17H20N6O. The molecule has 2 aliphatic rings. The lowest BCUT2D eigenvalue weighted by molar-refractivity contribution is 0.0951. The Morgan fingerprint density at radius 1 is 0.958 bits per heavy atom. The lowest BCUT2D eigenvalue weighted by atomic mass is 9.88. The number of aromatic nitrogens is 4. The highest BCUT2D eigenvalue weighted by Crippen LogP contribution is 2.25. The Morgan fingerprint density at radius 2 is 1.62 bits per heavy atom. The SMILES string of the molecule is CC1CC(=O)c2cnc(N3CCN(c4ncccn4)CC3)nc2C1. The van der Waals surface area contributed by atoms with E-state index in [1.165, 1.54) is 0 Å². The van der Waals surface area contributed by atoms with Gasteiger partial charge < -0.3 is 9.80 Å². The average molecular weight is 324 g/mol. The molecule has 2 aromatic rings. The fraction of sp³-hybridized carbons (Fsp3) is 0.471. The van der Waals surface area contributed by atoms with Gasteiger partial charge >= 0.3 is 0 Å². The summed E-state index contributed by atoms with van der Waals surface area (Å²) in [7, 11) is 0. The van der Waals surface area contributed by atoms with Crippen molar-refractivity contribution in [2.24, 2.45) is 5.92 Å². The van der Waals surface area contributed by atoms with Crippen molar-refractivity contribution in [3.63, 3.8) is 0 Å². The van der Waals surface area contributed by atoms with Gasteiger partial charge in [0.1, 0.15) is 0 Å². The van der Waals surface area contributed by atoms with E-state index >= 15 is 0 Å². The maximum Gasteiger partial charge on any atom is 0.225 e. The van der Waals surface area contributed by atoms with E-state index in [0.29, 0.717) is 17.9 Å². The molecule has 1 aliphatic carbocycles. The molecule has 4 rings (SSSR count). The molecular weight excluding hydrogens is 304 g/mol. The first-order valence-corrected chi connectivity index (χ1v) is 8.37. The van der Waals surface area contributed by atoms with Crippen LogP contribution in [0.3, 0.4) is 0 Å². The van der Waals surface area contributed by atoms with Crippen LogP contribution in [0.15, 0.2) is 24.7 Å². The number of Topliss-reactive ketones (excluding diaryl/α,β-unsaturated/α-hetero) is 1. The van der Waals surface area contributed by atoms with Gasteiger partial charge in [0.15, 0.2) is 5.78 Å². The fourth-order valence-corrected chi connectivity index (χ4v) is 3.34. The number of hydrogen-bond acceptors (Lipinski definition) is 7. The predicted octanol–water partition coefficient (Wildman–Crippen LogP) is 1.36. The average Bonchev–Trinajstić information content (AvgIpc) is 2.62. The number of hydrogen-bond donors (Lipinski definition) is 0. The standard InChI is InChI=1S/C17H20N6O/c1-12-9-14-13(15(24)10-12)11-20-17(21-14)23-7-5-22(6-8-23)16-18-3-2-4-19-16/h2-4,11-12H,5-10H2,1H3. The molecule has 0 aromatic carbocycles. The van der Waals surface area contributed by atoms with E-state index in [1.807, 2.05) is 6.07 Å². The van der Waals surface area contributed by atoms with E-state index < -0.39 is 0 Å². The fourth-order valence-electron chi connectivity index (χ4n) is 3.34. The highest BCUT2D eigenvalue weighted by molar-refractivity contribution is 5.98. The van der Waals surface area contributed by atoms with Gasteiger partial charge in [-0.15, -0.1) is 0 Å². The quantitative estimate of drug-likeness (QED) is 0.825. The van der Waals surface area contributed by atoms with E-state index in [1.54, 1.807) is 18.6 Å². The molecule has 1 saturated heterocycles. The summed E-state index contributed by atoms with van der Waals surface area (Å²) in [4.78, 5) is 34.1. The predicted molar refractivity (Wildman–Crippen MR) is 90.3 cm³/mol. The molecule has 0 N–H and O–H groups in total. The normalized spacial score (nSPS) is 20.9. The second kappa shape index (κ2) is 6.14. The maximum absolute atomic E-state index is 12.1. The van der Waals surface area contributed by atoms with Crippen LogP contribution in [0.4, 0.5) is 11.9 Å². The number of piperazine rings is 1. The van der Waals surface area contributed by atoms with Crippen molar-refractivity contribution < 1.29 is 4.79 Å². The molecule has 0 saturated carbocycles. The first-order chi connectivity index (χ1) is 11.7. The number of rotatable bonds is 2. The molecule has 124 valence electrons. The molecule has 7 heteroatoms. The summed E-state index contributed by atoms with van der Waals surface area (Å²) in [6, 6.07) is 1.82. The summed E-state index contributed by atoms with van der Waals surface area (Å²) in [6.45, 7) is 5.40. The van der Waals surface area contributed by atoms with Gasteiger partial charge in [-0.1, -0.05) is 6.92 Å². The van der Waals surface area contributed by atoms with Crippen molar-refractivity contribution in [2.75, 3.05) is 36.0 Å². The Bertz CT molecular complexity index is 742. The Balaban J connectivity index is 1.48. The molecule has 0 radical (unpaired) electrons. The van der Waals surface area contributed by atoms with Gasteiger partial charge in [0.05, 0.1) is 11.3 Å². The molecule has 0 bridgehead atoms. The molecule has 1 unspecified atom stereocenters. The summed E-state index contributed by atoms with van der Waals surface area (Å²) in [5.41, 5.74) is 1.60. The van der Waals surface area contributed by atoms with Gasteiger partial charge in [0, 0.05) is 51.2 Å². The smallest absolute Gasteiger partial charge is 0.225 e. The monoisotopic (exact) mass is 324 g/mol. The molecule has 1 aliphatic heterocycles. The number of ketones is 1. The van der Waals surface area contributed by atoms with Crippen LogP contribution in [0.25, 0.3) is 0 Å². The molecule has 0 amide bonds. The summed E-state index contributed by atoms with van der Waals surface area (Å²) >= 11 is 0. The molecule has 0 spiro atoms. The van der Waals surface area contributed by atoms with E-state index in [-0.39, 0.29) is 5.78 Å². The van der Waals surface area contributed by atoms with Crippen LogP contribution in [0.2, 0.25) is 0 Å². The summed E-state index contributed by atoms with van der Waals surface area (Å²) in [5, 5.41) is 0. The number of nitrogens with zero attached hydrogens (tertiary/aromatic N) is 6. The summed E-state index contributed by atoms with van der Waals surface area (Å²) < 4.78 is 0. The van der Waals surface area contributed by atoms with Gasteiger partial charge in [0.2, 0.25) is 11.9 Å². The highest BCUT2D eigenvalue weighted by atomic mass is 16.1. The second-order valence-corrected chi connectivity index (χ2v) is 6.49. The molecule has 1 atom stereocenters. The van der Waals surface area contributed by atoms with E-state index in [0.717, 1.165) is 50.2 Å². The third-order valence-electron chi connectivity index (χ3n) is 4.63. The largest absolute Gasteiger partial charge is 0.337 e. The van der Waals surface area contributed by atoms with Gasteiger partial charge in [0.25, 0.3) is 0 Å². The van der Waals surface area contributed by atoms with Crippen LogP contribution in [0.1, 0.15) is 29.4 Å². The first-order valence-electron chi connectivity index (χ1n) is 8.37.